The van der Waals surface area contributed by atoms with E-state index in [0.717, 1.165) is 31.4 Å². The Balaban J connectivity index is 0.000000191. The van der Waals surface area contributed by atoms with Crippen molar-refractivity contribution >= 4 is 140 Å². The fourth-order valence-electron chi connectivity index (χ4n) is 4.46. The molecule has 0 atom stereocenters. The van der Waals surface area contributed by atoms with Crippen LogP contribution in [0.5, 0.6) is 11.5 Å². The van der Waals surface area contributed by atoms with E-state index >= 15 is 0 Å². The maximum atomic E-state index is 13.6. The second-order valence-electron chi connectivity index (χ2n) is 10.1. The van der Waals surface area contributed by atoms with Gasteiger partial charge >= 0.3 is 7.12 Å². The number of rotatable bonds is 2. The van der Waals surface area contributed by atoms with Crippen molar-refractivity contribution < 1.29 is 33.5 Å². The lowest BCUT2D eigenvalue weighted by Gasteiger charge is -2.09. The molecule has 0 amide bonds. The summed E-state index contributed by atoms with van der Waals surface area (Å²) in [4.78, 5) is 0. The Kier molecular flexibility index (Phi) is 17.2. The highest BCUT2D eigenvalue weighted by Gasteiger charge is 2.21. The molecule has 0 saturated heterocycles. The summed E-state index contributed by atoms with van der Waals surface area (Å²) >= 11 is 29.3. The molecule has 7 aromatic rings. The Morgan fingerprint density at radius 2 is 1.13 bits per heavy atom. The van der Waals surface area contributed by atoms with Crippen LogP contribution in [0.4, 0.5) is 8.78 Å². The summed E-state index contributed by atoms with van der Waals surface area (Å²) in [7, 11) is -1.77. The number of hydrogen-bond acceptors (Lipinski definition) is 5. The SMILES string of the molecule is C.Clc1ccc(Br)c2oc3ccccc3c12.Fc1ccccc1I.OB(O)c1c(Cl)ccc(Br)c1O.Oc1c(Br)ccc(Cl)c1-c1ccccc1F. The van der Waals surface area contributed by atoms with Gasteiger partial charge in [-0.15, -0.1) is 0 Å². The van der Waals surface area contributed by atoms with Gasteiger partial charge in [0.25, 0.3) is 0 Å². The normalized spacial score (nSPS) is 10.2. The number of fused-ring (bicyclic) bond motifs is 3. The minimum absolute atomic E-state index is 0. The van der Waals surface area contributed by atoms with Crippen LogP contribution < -0.4 is 5.46 Å². The number of halogens is 9. The number of aromatic hydroxyl groups is 2. The largest absolute Gasteiger partial charge is 0.507 e. The highest BCUT2D eigenvalue weighted by Crippen LogP contribution is 2.41. The molecule has 52 heavy (non-hydrogen) atoms. The molecule has 270 valence electrons. The summed E-state index contributed by atoms with van der Waals surface area (Å²) in [6, 6.07) is 30.7. The van der Waals surface area contributed by atoms with Crippen LogP contribution in [0, 0.1) is 15.2 Å². The summed E-state index contributed by atoms with van der Waals surface area (Å²) in [5, 5.41) is 39.9. The predicted octanol–water partition coefficient (Wildman–Crippen LogP) is 13.2. The zero-order chi connectivity index (χ0) is 37.4. The predicted molar refractivity (Wildman–Crippen MR) is 229 cm³/mol. The zero-order valence-corrected chi connectivity index (χ0v) is 34.8. The fraction of sp³-hybridized carbons (Fsp3) is 0.0270. The first-order valence-electron chi connectivity index (χ1n) is 14.3. The zero-order valence-electron chi connectivity index (χ0n) is 25.6. The van der Waals surface area contributed by atoms with E-state index in [1.165, 1.54) is 24.3 Å². The molecule has 15 heteroatoms. The highest BCUT2D eigenvalue weighted by molar-refractivity contribution is 14.1. The molecular weight excluding hydrogens is 1050 g/mol. The van der Waals surface area contributed by atoms with Crippen molar-refractivity contribution in [1.82, 2.24) is 0 Å². The molecular formula is C37H26BBr3Cl3F2IO5. The van der Waals surface area contributed by atoms with Gasteiger partial charge in [-0.3, -0.25) is 0 Å². The van der Waals surface area contributed by atoms with Crippen molar-refractivity contribution in [2.75, 3.05) is 0 Å². The molecule has 1 heterocycles. The third-order valence-electron chi connectivity index (χ3n) is 6.85. The number of para-hydroxylation sites is 1. The molecule has 0 bridgehead atoms. The van der Waals surface area contributed by atoms with Gasteiger partial charge in [0, 0.05) is 36.0 Å². The minimum Gasteiger partial charge on any atom is -0.507 e. The molecule has 0 aliphatic carbocycles. The maximum Gasteiger partial charge on any atom is 0.493 e. The van der Waals surface area contributed by atoms with Gasteiger partial charge in [-0.25, -0.2) is 8.78 Å². The van der Waals surface area contributed by atoms with Gasteiger partial charge in [0.1, 0.15) is 28.7 Å². The Morgan fingerprint density at radius 3 is 1.71 bits per heavy atom. The van der Waals surface area contributed by atoms with E-state index < -0.39 is 12.9 Å². The van der Waals surface area contributed by atoms with Crippen LogP contribution in [-0.2, 0) is 0 Å². The van der Waals surface area contributed by atoms with Crippen LogP contribution >= 0.6 is 105 Å². The number of furan rings is 1. The smallest absolute Gasteiger partial charge is 0.493 e. The second kappa shape index (κ2) is 20.3. The lowest BCUT2D eigenvalue weighted by atomic mass is 9.79. The molecule has 0 aliphatic rings. The number of phenolic OH excluding ortho intramolecular Hbond substituents is 2. The van der Waals surface area contributed by atoms with Crippen LogP contribution in [0.1, 0.15) is 7.43 Å². The lowest BCUT2D eigenvalue weighted by Crippen LogP contribution is -2.31. The number of hydrogen-bond donors (Lipinski definition) is 4. The van der Waals surface area contributed by atoms with Crippen LogP contribution in [0.2, 0.25) is 15.1 Å². The lowest BCUT2D eigenvalue weighted by molar-refractivity contribution is 0.419. The van der Waals surface area contributed by atoms with E-state index in [1.54, 1.807) is 42.5 Å². The molecule has 0 radical (unpaired) electrons. The van der Waals surface area contributed by atoms with Gasteiger partial charge in [0.2, 0.25) is 0 Å². The van der Waals surface area contributed by atoms with Gasteiger partial charge in [-0.2, -0.15) is 0 Å². The Bertz CT molecular complexity index is 2290. The Labute approximate surface area is 352 Å². The molecule has 7 rings (SSSR count). The molecule has 5 nitrogen and oxygen atoms in total. The van der Waals surface area contributed by atoms with E-state index in [2.05, 4.69) is 47.8 Å². The average Bonchev–Trinajstić information content (AvgIpc) is 3.51. The molecule has 6 aromatic carbocycles. The standard InChI is InChI=1S/C12H7BrClFO.C12H6BrClO.C6H5BBrClO3.C6H4FI.CH4/c13-8-5-6-9(14)11(12(8)16)7-3-1-2-4-10(7)15;13-8-5-6-9(14)11-7-3-1-2-4-10(7)15-12(8)11;8-3-1-2-4(9)5(6(3)10)7(11)12;7-5-3-1-2-4-6(5)8;/h1-6,16H;1-6H;1-2,10-12H;1-4H;1H4. The van der Waals surface area contributed by atoms with Crippen molar-refractivity contribution in [2.24, 2.45) is 0 Å². The van der Waals surface area contributed by atoms with E-state index in [0.29, 0.717) is 23.1 Å². The molecule has 4 N–H and O–H groups in total. The summed E-state index contributed by atoms with van der Waals surface area (Å²) < 4.78 is 34.1. The monoisotopic (exact) mass is 1070 g/mol. The molecule has 0 fully saturated rings. The Morgan fingerprint density at radius 1 is 0.615 bits per heavy atom. The van der Waals surface area contributed by atoms with E-state index in [1.807, 2.05) is 65.1 Å². The van der Waals surface area contributed by atoms with E-state index in [-0.39, 0.29) is 40.8 Å². The van der Waals surface area contributed by atoms with E-state index in [4.69, 9.17) is 49.3 Å². The topological polar surface area (TPSA) is 94.1 Å². The van der Waals surface area contributed by atoms with Gasteiger partial charge in [-0.05, 0) is 131 Å². The van der Waals surface area contributed by atoms with Crippen molar-refractivity contribution in [3.8, 4) is 22.6 Å². The van der Waals surface area contributed by atoms with Crippen molar-refractivity contribution in [1.29, 1.82) is 0 Å². The van der Waals surface area contributed by atoms with E-state index in [9.17, 15) is 19.0 Å². The summed E-state index contributed by atoms with van der Waals surface area (Å²) in [5.41, 5.74) is 2.16. The summed E-state index contributed by atoms with van der Waals surface area (Å²) in [6.45, 7) is 0. The third-order valence-corrected chi connectivity index (χ3v) is 10.6. The highest BCUT2D eigenvalue weighted by atomic mass is 127. The van der Waals surface area contributed by atoms with Crippen molar-refractivity contribution in [3.05, 3.63) is 153 Å². The van der Waals surface area contributed by atoms with Gasteiger partial charge in [-0.1, -0.05) is 90.8 Å². The molecule has 0 unspecified atom stereocenters. The molecule has 0 aliphatic heterocycles. The summed E-state index contributed by atoms with van der Waals surface area (Å²) in [6.07, 6.45) is 0. The maximum absolute atomic E-state index is 13.6. The van der Waals surface area contributed by atoms with Crippen LogP contribution in [0.3, 0.4) is 0 Å². The molecule has 1 aromatic heterocycles. The summed E-state index contributed by atoms with van der Waals surface area (Å²) in [5.74, 6) is -0.874. The van der Waals surface area contributed by atoms with Crippen molar-refractivity contribution in [2.45, 2.75) is 7.43 Å². The van der Waals surface area contributed by atoms with Crippen LogP contribution in [-0.4, -0.2) is 27.4 Å². The quantitative estimate of drug-likeness (QED) is 0.102. The molecule has 0 saturated carbocycles. The number of benzene rings is 6. The molecule has 0 spiro atoms. The van der Waals surface area contributed by atoms with Crippen LogP contribution in [0.15, 0.2) is 127 Å². The van der Waals surface area contributed by atoms with Gasteiger partial charge < -0.3 is 24.7 Å². The first-order chi connectivity index (χ1) is 24.2. The Hall–Kier alpha value is -2.40. The fourth-order valence-corrected chi connectivity index (χ4v) is 6.69. The van der Waals surface area contributed by atoms with Gasteiger partial charge in [0.15, 0.2) is 5.58 Å². The first-order valence-corrected chi connectivity index (χ1v) is 18.9. The average molecular weight is 1070 g/mol. The minimum atomic E-state index is -1.77. The van der Waals surface area contributed by atoms with Crippen molar-refractivity contribution in [3.63, 3.8) is 0 Å². The van der Waals surface area contributed by atoms with Crippen LogP contribution in [0.25, 0.3) is 33.1 Å². The van der Waals surface area contributed by atoms with Gasteiger partial charge in [0.05, 0.1) is 23.5 Å². The second-order valence-corrected chi connectivity index (χ2v) is 15.1. The first kappa shape index (κ1) is 44.0. The third kappa shape index (κ3) is 10.9. The number of phenols is 2.